The Morgan fingerprint density at radius 3 is 2.61 bits per heavy atom. The summed E-state index contributed by atoms with van der Waals surface area (Å²) in [5.41, 5.74) is -0.328. The van der Waals surface area contributed by atoms with Crippen molar-refractivity contribution in [3.8, 4) is 11.6 Å². The molecule has 8 nitrogen and oxygen atoms in total. The molecule has 1 heterocycles. The van der Waals surface area contributed by atoms with Crippen LogP contribution in [0, 0.1) is 10.1 Å². The van der Waals surface area contributed by atoms with Crippen LogP contribution in [0.1, 0.15) is 6.92 Å². The number of hydrogen-bond acceptors (Lipinski definition) is 7. The van der Waals surface area contributed by atoms with Crippen LogP contribution in [-0.2, 0) is 0 Å². The Labute approximate surface area is 141 Å². The Morgan fingerprint density at radius 2 is 2.04 bits per heavy atom. The summed E-state index contributed by atoms with van der Waals surface area (Å²) >= 11 is 3.31. The van der Waals surface area contributed by atoms with Crippen LogP contribution in [0.25, 0.3) is 0 Å². The number of rotatable bonds is 7. The molecule has 0 saturated carbocycles. The van der Waals surface area contributed by atoms with Crippen molar-refractivity contribution < 1.29 is 14.8 Å². The van der Waals surface area contributed by atoms with Gasteiger partial charge in [0, 0.05) is 17.6 Å². The summed E-state index contributed by atoms with van der Waals surface area (Å²) in [7, 11) is 0. The first kappa shape index (κ1) is 17.1. The zero-order chi connectivity index (χ0) is 16.8. The number of ether oxygens (including phenoxy) is 1. The highest BCUT2D eigenvalue weighted by Gasteiger charge is 2.28. The minimum atomic E-state index is -0.580. The predicted molar refractivity (Wildman–Crippen MR) is 87.9 cm³/mol. The Hall–Kier alpha value is -2.26. The molecule has 122 valence electrons. The lowest BCUT2D eigenvalue weighted by atomic mass is 10.3. The van der Waals surface area contributed by atoms with Crippen molar-refractivity contribution >= 4 is 27.4 Å². The van der Waals surface area contributed by atoms with Crippen molar-refractivity contribution in [2.75, 3.05) is 24.6 Å². The molecule has 0 bridgehead atoms. The maximum atomic E-state index is 11.5. The number of nitrogens with zero attached hydrogens (tertiary/aromatic N) is 4. The van der Waals surface area contributed by atoms with Gasteiger partial charge in [-0.1, -0.05) is 15.9 Å². The predicted octanol–water partition coefficient (Wildman–Crippen LogP) is 2.76. The minimum absolute atomic E-state index is 0.119. The summed E-state index contributed by atoms with van der Waals surface area (Å²) < 4.78 is 6.40. The average Bonchev–Trinajstić information content (AvgIpc) is 2.54. The highest BCUT2D eigenvalue weighted by molar-refractivity contribution is 9.10. The van der Waals surface area contributed by atoms with Crippen molar-refractivity contribution in [3.05, 3.63) is 45.2 Å². The van der Waals surface area contributed by atoms with Crippen molar-refractivity contribution in [3.63, 3.8) is 0 Å². The van der Waals surface area contributed by atoms with Gasteiger partial charge in [0.1, 0.15) is 12.1 Å². The molecule has 0 fully saturated rings. The highest BCUT2D eigenvalue weighted by Crippen LogP contribution is 2.36. The van der Waals surface area contributed by atoms with E-state index in [2.05, 4.69) is 25.9 Å². The van der Waals surface area contributed by atoms with Crippen LogP contribution in [-0.4, -0.2) is 39.7 Å². The first-order chi connectivity index (χ1) is 11.1. The second-order valence-corrected chi connectivity index (χ2v) is 5.38. The number of aliphatic hydroxyl groups is 1. The minimum Gasteiger partial charge on any atom is -0.434 e. The third-order valence-electron chi connectivity index (χ3n) is 3.03. The van der Waals surface area contributed by atoms with Gasteiger partial charge in [-0.2, -0.15) is 4.98 Å². The Bertz CT molecular complexity index is 681. The van der Waals surface area contributed by atoms with Crippen molar-refractivity contribution in [1.82, 2.24) is 9.97 Å². The number of halogens is 1. The van der Waals surface area contributed by atoms with E-state index in [9.17, 15) is 10.1 Å². The van der Waals surface area contributed by atoms with Gasteiger partial charge in [-0.3, -0.25) is 10.1 Å². The van der Waals surface area contributed by atoms with Gasteiger partial charge in [-0.05, 0) is 31.2 Å². The van der Waals surface area contributed by atoms with Gasteiger partial charge < -0.3 is 14.7 Å². The lowest BCUT2D eigenvalue weighted by Gasteiger charge is -2.20. The molecule has 9 heteroatoms. The lowest BCUT2D eigenvalue weighted by Crippen LogP contribution is -2.28. The third kappa shape index (κ3) is 4.14. The number of benzene rings is 1. The van der Waals surface area contributed by atoms with Gasteiger partial charge >= 0.3 is 11.6 Å². The van der Waals surface area contributed by atoms with Gasteiger partial charge in [-0.15, -0.1) is 0 Å². The fraction of sp³-hybridized carbons (Fsp3) is 0.286. The first-order valence-electron chi connectivity index (χ1n) is 6.85. The number of aliphatic hydroxyl groups excluding tert-OH is 1. The van der Waals surface area contributed by atoms with Crippen LogP contribution < -0.4 is 9.64 Å². The largest absolute Gasteiger partial charge is 0.434 e. The number of likely N-dealkylation sites (N-methyl/N-ethyl adjacent to an activating group) is 1. The molecule has 0 aliphatic heterocycles. The van der Waals surface area contributed by atoms with Crippen LogP contribution in [0.4, 0.5) is 11.5 Å². The molecule has 0 aliphatic rings. The van der Waals surface area contributed by atoms with Crippen molar-refractivity contribution in [2.24, 2.45) is 0 Å². The molecule has 1 aromatic heterocycles. The first-order valence-corrected chi connectivity index (χ1v) is 7.64. The second-order valence-electron chi connectivity index (χ2n) is 4.47. The zero-order valence-electron chi connectivity index (χ0n) is 12.3. The molecule has 2 rings (SSSR count). The maximum Gasteiger partial charge on any atom is 0.373 e. The summed E-state index contributed by atoms with van der Waals surface area (Å²) in [5.74, 6) is 0.401. The van der Waals surface area contributed by atoms with E-state index in [4.69, 9.17) is 9.84 Å². The summed E-state index contributed by atoms with van der Waals surface area (Å²) in [4.78, 5) is 20.3. The average molecular weight is 383 g/mol. The van der Waals surface area contributed by atoms with Crippen LogP contribution in [0.3, 0.4) is 0 Å². The molecular weight excluding hydrogens is 368 g/mol. The van der Waals surface area contributed by atoms with Gasteiger partial charge in [0.15, 0.2) is 0 Å². The van der Waals surface area contributed by atoms with E-state index in [1.807, 2.05) is 6.92 Å². The van der Waals surface area contributed by atoms with E-state index in [-0.39, 0.29) is 30.5 Å². The van der Waals surface area contributed by atoms with E-state index >= 15 is 0 Å². The van der Waals surface area contributed by atoms with Crippen LogP contribution in [0.15, 0.2) is 35.1 Å². The molecule has 0 atom stereocenters. The van der Waals surface area contributed by atoms with E-state index in [0.29, 0.717) is 12.3 Å². The number of anilines is 1. The molecule has 2 aromatic rings. The monoisotopic (exact) mass is 382 g/mol. The fourth-order valence-corrected chi connectivity index (χ4v) is 2.23. The summed E-state index contributed by atoms with van der Waals surface area (Å²) in [5, 5.41) is 20.6. The standard InChI is InChI=1S/C14H15BrN4O4/c1-2-18(7-8-20)13-12(19(21)22)14(17-9-16-13)23-11-5-3-10(15)4-6-11/h3-6,9,20H,2,7-8H2,1H3. The highest BCUT2D eigenvalue weighted by atomic mass is 79.9. The molecule has 0 aliphatic carbocycles. The Kier molecular flexibility index (Phi) is 5.83. The molecule has 23 heavy (non-hydrogen) atoms. The quantitative estimate of drug-likeness (QED) is 0.579. The zero-order valence-corrected chi connectivity index (χ0v) is 13.9. The number of nitro groups is 1. The smallest absolute Gasteiger partial charge is 0.373 e. The molecule has 0 saturated heterocycles. The second kappa shape index (κ2) is 7.84. The van der Waals surface area contributed by atoms with Gasteiger partial charge in [0.25, 0.3) is 0 Å². The van der Waals surface area contributed by atoms with Crippen molar-refractivity contribution in [1.29, 1.82) is 0 Å². The van der Waals surface area contributed by atoms with Gasteiger partial charge in [0.05, 0.1) is 11.5 Å². The SMILES string of the molecule is CCN(CCO)c1ncnc(Oc2ccc(Br)cc2)c1[N+](=O)[O-]. The Morgan fingerprint density at radius 1 is 1.35 bits per heavy atom. The summed E-state index contributed by atoms with van der Waals surface area (Å²) in [6, 6.07) is 6.85. The Balaban J connectivity index is 2.43. The van der Waals surface area contributed by atoms with Crippen LogP contribution in [0.5, 0.6) is 11.6 Å². The summed E-state index contributed by atoms with van der Waals surface area (Å²) in [6.45, 7) is 2.36. The van der Waals surface area contributed by atoms with E-state index < -0.39 is 4.92 Å². The normalized spacial score (nSPS) is 10.4. The van der Waals surface area contributed by atoms with Gasteiger partial charge in [-0.25, -0.2) is 4.98 Å². The molecule has 1 aromatic carbocycles. The molecule has 1 N–H and O–H groups in total. The third-order valence-corrected chi connectivity index (χ3v) is 3.56. The number of aromatic nitrogens is 2. The molecule has 0 unspecified atom stereocenters. The molecule has 0 spiro atoms. The van der Waals surface area contributed by atoms with Gasteiger partial charge in [0.2, 0.25) is 5.82 Å². The molecule has 0 radical (unpaired) electrons. The van der Waals surface area contributed by atoms with E-state index in [0.717, 1.165) is 4.47 Å². The fourth-order valence-electron chi connectivity index (χ4n) is 1.97. The topological polar surface area (TPSA) is 102 Å². The lowest BCUT2D eigenvalue weighted by molar-refractivity contribution is -0.385. The number of hydrogen-bond donors (Lipinski definition) is 1. The molecular formula is C14H15BrN4O4. The molecule has 0 amide bonds. The summed E-state index contributed by atoms with van der Waals surface area (Å²) in [6.07, 6.45) is 1.20. The maximum absolute atomic E-state index is 11.5. The van der Waals surface area contributed by atoms with Crippen LogP contribution >= 0.6 is 15.9 Å². The van der Waals surface area contributed by atoms with E-state index in [1.165, 1.54) is 6.33 Å². The van der Waals surface area contributed by atoms with Crippen molar-refractivity contribution in [2.45, 2.75) is 6.92 Å². The van der Waals surface area contributed by atoms with Crippen LogP contribution in [0.2, 0.25) is 0 Å². The van der Waals surface area contributed by atoms with E-state index in [1.54, 1.807) is 29.2 Å².